The molecule has 0 saturated carbocycles. The van der Waals surface area contributed by atoms with Crippen molar-refractivity contribution < 1.29 is 14.6 Å². The number of fused-ring (bicyclic) bond motifs is 2. The summed E-state index contributed by atoms with van der Waals surface area (Å²) in [5.74, 6) is -0.0830. The van der Waals surface area contributed by atoms with Crippen LogP contribution in [0.3, 0.4) is 0 Å². The lowest BCUT2D eigenvalue weighted by Gasteiger charge is -2.08. The van der Waals surface area contributed by atoms with Crippen molar-refractivity contribution in [2.24, 2.45) is 0 Å². The van der Waals surface area contributed by atoms with E-state index in [4.69, 9.17) is 9.84 Å². The molecule has 5 heteroatoms. The highest BCUT2D eigenvalue weighted by molar-refractivity contribution is 5.89. The number of aromatic carboxylic acids is 1. The Kier molecular flexibility index (Phi) is 2.45. The largest absolute Gasteiger partial charge is 0.478 e. The molecule has 19 heavy (non-hydrogen) atoms. The molecule has 1 aromatic carbocycles. The van der Waals surface area contributed by atoms with E-state index in [2.05, 4.69) is 4.98 Å². The van der Waals surface area contributed by atoms with Crippen LogP contribution >= 0.6 is 0 Å². The van der Waals surface area contributed by atoms with Gasteiger partial charge in [0.05, 0.1) is 11.3 Å². The van der Waals surface area contributed by atoms with Crippen molar-refractivity contribution in [1.82, 2.24) is 4.98 Å². The predicted molar refractivity (Wildman–Crippen MR) is 69.5 cm³/mol. The molecule has 0 amide bonds. The first-order valence-corrected chi connectivity index (χ1v) is 5.60. The number of carbonyl (C=O) groups is 1. The number of nitrogens with one attached hydrogen (secondary N) is 1. The van der Waals surface area contributed by atoms with Gasteiger partial charge in [0.25, 0.3) is 0 Å². The lowest BCUT2D eigenvalue weighted by atomic mass is 10.1. The molecule has 5 nitrogen and oxygen atoms in total. The molecule has 0 bridgehead atoms. The average molecular weight is 255 g/mol. The Morgan fingerprint density at radius 3 is 2.74 bits per heavy atom. The van der Waals surface area contributed by atoms with E-state index < -0.39 is 5.97 Å². The summed E-state index contributed by atoms with van der Waals surface area (Å²) < 4.78 is 5.65. The van der Waals surface area contributed by atoms with Crippen molar-refractivity contribution in [3.63, 3.8) is 0 Å². The first-order chi connectivity index (χ1) is 9.13. The van der Waals surface area contributed by atoms with Crippen molar-refractivity contribution >= 4 is 18.1 Å². The predicted octanol–water partition coefficient (Wildman–Crippen LogP) is 2.35. The third-order valence-electron chi connectivity index (χ3n) is 2.82. The SMILES string of the molecule is O=C(O)c1ccc2c(c1)Oc1ccc(=O)[nH]c1C=C2. The summed E-state index contributed by atoms with van der Waals surface area (Å²) in [7, 11) is 0. The molecule has 1 aliphatic heterocycles. The van der Waals surface area contributed by atoms with Gasteiger partial charge in [-0.05, 0) is 30.4 Å². The smallest absolute Gasteiger partial charge is 0.335 e. The van der Waals surface area contributed by atoms with Gasteiger partial charge >= 0.3 is 5.97 Å². The average Bonchev–Trinajstić information content (AvgIpc) is 2.56. The summed E-state index contributed by atoms with van der Waals surface area (Å²) in [6.45, 7) is 0. The molecular formula is C14H9NO4. The van der Waals surface area contributed by atoms with Crippen LogP contribution in [-0.2, 0) is 0 Å². The number of aromatic amines is 1. The van der Waals surface area contributed by atoms with E-state index in [1.807, 2.05) is 0 Å². The Morgan fingerprint density at radius 1 is 1.11 bits per heavy atom. The molecule has 0 atom stereocenters. The fourth-order valence-electron chi connectivity index (χ4n) is 1.87. The van der Waals surface area contributed by atoms with Gasteiger partial charge in [0, 0.05) is 11.6 Å². The number of pyridine rings is 1. The minimum Gasteiger partial charge on any atom is -0.478 e. The molecule has 2 aromatic rings. The Balaban J connectivity index is 2.14. The molecular weight excluding hydrogens is 246 g/mol. The molecule has 94 valence electrons. The molecule has 2 heterocycles. The summed E-state index contributed by atoms with van der Waals surface area (Å²) in [5.41, 5.74) is 1.24. The van der Waals surface area contributed by atoms with Gasteiger partial charge < -0.3 is 14.8 Å². The number of ether oxygens (including phenoxy) is 1. The Labute approximate surface area is 107 Å². The van der Waals surface area contributed by atoms with Gasteiger partial charge in [0.1, 0.15) is 5.75 Å². The number of H-pyrrole nitrogens is 1. The zero-order valence-corrected chi connectivity index (χ0v) is 9.71. The Morgan fingerprint density at radius 2 is 1.95 bits per heavy atom. The minimum atomic E-state index is -1.01. The first-order valence-electron chi connectivity index (χ1n) is 5.60. The van der Waals surface area contributed by atoms with Gasteiger partial charge in [-0.25, -0.2) is 4.79 Å². The van der Waals surface area contributed by atoms with Crippen molar-refractivity contribution in [2.75, 3.05) is 0 Å². The Hall–Kier alpha value is -2.82. The molecule has 0 unspecified atom stereocenters. The summed E-state index contributed by atoms with van der Waals surface area (Å²) >= 11 is 0. The van der Waals surface area contributed by atoms with Crippen molar-refractivity contribution in [3.05, 3.63) is 57.5 Å². The third kappa shape index (κ3) is 2.01. The number of hydrogen-bond donors (Lipinski definition) is 2. The van der Waals surface area contributed by atoms with Crippen molar-refractivity contribution in [2.45, 2.75) is 0 Å². The number of hydrogen-bond acceptors (Lipinski definition) is 3. The lowest BCUT2D eigenvalue weighted by Crippen LogP contribution is -2.05. The Bertz CT molecular complexity index is 758. The second-order valence-corrected chi connectivity index (χ2v) is 4.09. The second kappa shape index (κ2) is 4.13. The van der Waals surface area contributed by atoms with Crippen LogP contribution in [0.5, 0.6) is 11.5 Å². The summed E-state index contributed by atoms with van der Waals surface area (Å²) in [6.07, 6.45) is 3.49. The van der Waals surface area contributed by atoms with Crippen LogP contribution in [-0.4, -0.2) is 16.1 Å². The molecule has 3 rings (SSSR count). The lowest BCUT2D eigenvalue weighted by molar-refractivity contribution is 0.0696. The van der Waals surface area contributed by atoms with Crippen LogP contribution in [0.4, 0.5) is 0 Å². The van der Waals surface area contributed by atoms with Crippen LogP contribution < -0.4 is 10.3 Å². The molecule has 0 radical (unpaired) electrons. The number of benzene rings is 1. The van der Waals surface area contributed by atoms with Crippen LogP contribution in [0, 0.1) is 0 Å². The highest BCUT2D eigenvalue weighted by Gasteiger charge is 2.13. The minimum absolute atomic E-state index is 0.153. The van der Waals surface area contributed by atoms with E-state index in [1.54, 1.807) is 24.3 Å². The monoisotopic (exact) mass is 255 g/mol. The summed E-state index contributed by atoms with van der Waals surface area (Å²) in [6, 6.07) is 7.55. The van der Waals surface area contributed by atoms with Gasteiger partial charge in [-0.15, -0.1) is 0 Å². The van der Waals surface area contributed by atoms with E-state index >= 15 is 0 Å². The zero-order valence-electron chi connectivity index (χ0n) is 9.71. The number of rotatable bonds is 1. The van der Waals surface area contributed by atoms with E-state index in [1.165, 1.54) is 18.2 Å². The highest BCUT2D eigenvalue weighted by atomic mass is 16.5. The van der Waals surface area contributed by atoms with Gasteiger partial charge in [0.2, 0.25) is 5.56 Å². The van der Waals surface area contributed by atoms with Crippen LogP contribution in [0.25, 0.3) is 12.2 Å². The van der Waals surface area contributed by atoms with Gasteiger partial charge in [0.15, 0.2) is 5.75 Å². The molecule has 2 N–H and O–H groups in total. The summed E-state index contributed by atoms with van der Waals surface area (Å²) in [4.78, 5) is 24.8. The first kappa shape index (κ1) is 11.3. The second-order valence-electron chi connectivity index (χ2n) is 4.09. The van der Waals surface area contributed by atoms with Gasteiger partial charge in [-0.3, -0.25) is 4.79 Å². The topological polar surface area (TPSA) is 79.4 Å². The van der Waals surface area contributed by atoms with E-state index in [-0.39, 0.29) is 11.1 Å². The van der Waals surface area contributed by atoms with Crippen LogP contribution in [0.15, 0.2) is 35.1 Å². The van der Waals surface area contributed by atoms with E-state index in [9.17, 15) is 9.59 Å². The number of aromatic nitrogens is 1. The highest BCUT2D eigenvalue weighted by Crippen LogP contribution is 2.32. The number of carboxylic acid groups (broad SMARTS) is 1. The zero-order chi connectivity index (χ0) is 13.4. The molecule has 0 fully saturated rings. The molecule has 1 aromatic heterocycles. The van der Waals surface area contributed by atoms with Crippen LogP contribution in [0.2, 0.25) is 0 Å². The standard InChI is InChI=1S/C14H9NO4/c16-13-6-5-11-10(15-13)4-3-8-1-2-9(14(17)18)7-12(8)19-11/h1-7H,(H,15,16)(H,17,18). The maximum absolute atomic E-state index is 11.2. The van der Waals surface area contributed by atoms with E-state index in [0.717, 1.165) is 5.56 Å². The van der Waals surface area contributed by atoms with Gasteiger partial charge in [-0.2, -0.15) is 0 Å². The van der Waals surface area contributed by atoms with Crippen LogP contribution in [0.1, 0.15) is 21.6 Å². The maximum Gasteiger partial charge on any atom is 0.335 e. The van der Waals surface area contributed by atoms with E-state index in [0.29, 0.717) is 17.2 Å². The molecule has 0 spiro atoms. The molecule has 0 saturated heterocycles. The van der Waals surface area contributed by atoms with Gasteiger partial charge in [-0.1, -0.05) is 6.07 Å². The fourth-order valence-corrected chi connectivity index (χ4v) is 1.87. The van der Waals surface area contributed by atoms with Crippen molar-refractivity contribution in [3.8, 4) is 11.5 Å². The normalized spacial score (nSPS) is 12.0. The fraction of sp³-hybridized carbons (Fsp3) is 0. The summed E-state index contributed by atoms with van der Waals surface area (Å²) in [5, 5.41) is 8.97. The molecule has 0 aliphatic carbocycles. The number of carboxylic acids is 1. The van der Waals surface area contributed by atoms with Crippen molar-refractivity contribution in [1.29, 1.82) is 0 Å². The maximum atomic E-state index is 11.2. The third-order valence-corrected chi connectivity index (χ3v) is 2.82. The molecule has 1 aliphatic rings. The quantitative estimate of drug-likeness (QED) is 0.699.